The van der Waals surface area contributed by atoms with Crippen LogP contribution in [0.1, 0.15) is 11.1 Å². The summed E-state index contributed by atoms with van der Waals surface area (Å²) in [6, 6.07) is 17.8. The van der Waals surface area contributed by atoms with Gasteiger partial charge in [0.05, 0.1) is 0 Å². The highest BCUT2D eigenvalue weighted by Gasteiger charge is 2.17. The Morgan fingerprint density at radius 1 is 0.706 bits per heavy atom. The van der Waals surface area contributed by atoms with Gasteiger partial charge in [-0.25, -0.2) is 0 Å². The summed E-state index contributed by atoms with van der Waals surface area (Å²) in [6.07, 6.45) is 4.74. The monoisotopic (exact) mass is 244 g/mol. The molecule has 17 heavy (non-hydrogen) atoms. The van der Waals surface area contributed by atoms with Crippen LogP contribution in [0.2, 0.25) is 0 Å². The van der Waals surface area contributed by atoms with Crippen molar-refractivity contribution in [3.63, 3.8) is 0 Å². The fraction of sp³-hybridized carbons (Fsp3) is 0.250. The van der Waals surface area contributed by atoms with Gasteiger partial charge in [0.1, 0.15) is 0 Å². The van der Waals surface area contributed by atoms with Crippen LogP contribution in [0.5, 0.6) is 0 Å². The molecular formula is C16H20S. The summed E-state index contributed by atoms with van der Waals surface area (Å²) in [7, 11) is -0.884. The summed E-state index contributed by atoms with van der Waals surface area (Å²) in [6.45, 7) is 4.32. The normalized spacial score (nSPS) is 12.5. The van der Waals surface area contributed by atoms with E-state index in [2.05, 4.69) is 74.9 Å². The van der Waals surface area contributed by atoms with Crippen molar-refractivity contribution in [2.75, 3.05) is 12.5 Å². The maximum Gasteiger partial charge on any atom is -0.00615 e. The Balaban J connectivity index is 2.49. The van der Waals surface area contributed by atoms with Gasteiger partial charge in [-0.2, -0.15) is 10.0 Å². The van der Waals surface area contributed by atoms with Gasteiger partial charge in [0.2, 0.25) is 0 Å². The lowest BCUT2D eigenvalue weighted by Gasteiger charge is -2.32. The highest BCUT2D eigenvalue weighted by atomic mass is 32.3. The molecule has 0 aliphatic heterocycles. The van der Waals surface area contributed by atoms with Gasteiger partial charge in [-0.15, -0.1) is 0 Å². The maximum absolute atomic E-state index is 2.37. The minimum absolute atomic E-state index is 0.884. The number of hydrogen-bond acceptors (Lipinski definition) is 0. The van der Waals surface area contributed by atoms with Crippen LogP contribution in [0.15, 0.2) is 58.3 Å². The first-order valence-electron chi connectivity index (χ1n) is 5.87. The van der Waals surface area contributed by atoms with E-state index in [1.165, 1.54) is 20.9 Å². The van der Waals surface area contributed by atoms with Crippen LogP contribution >= 0.6 is 10.0 Å². The van der Waals surface area contributed by atoms with E-state index in [-0.39, 0.29) is 0 Å². The molecule has 0 amide bonds. The van der Waals surface area contributed by atoms with Crippen molar-refractivity contribution in [1.82, 2.24) is 0 Å². The quantitative estimate of drug-likeness (QED) is 0.713. The summed E-state index contributed by atoms with van der Waals surface area (Å²) in [5, 5.41) is 0. The van der Waals surface area contributed by atoms with Crippen molar-refractivity contribution in [3.8, 4) is 0 Å². The molecule has 0 unspecified atom stereocenters. The lowest BCUT2D eigenvalue weighted by Crippen LogP contribution is -1.98. The summed E-state index contributed by atoms with van der Waals surface area (Å²) in [4.78, 5) is 2.92. The number of hydrogen-bond donors (Lipinski definition) is 0. The molecule has 0 fully saturated rings. The van der Waals surface area contributed by atoms with E-state index in [9.17, 15) is 0 Å². The van der Waals surface area contributed by atoms with Crippen LogP contribution in [0.3, 0.4) is 0 Å². The fourth-order valence-corrected chi connectivity index (χ4v) is 4.07. The average molecular weight is 244 g/mol. The molecular weight excluding hydrogens is 224 g/mol. The van der Waals surface area contributed by atoms with Gasteiger partial charge in [-0.3, -0.25) is 0 Å². The molecule has 0 saturated heterocycles. The molecule has 0 bridgehead atoms. The molecule has 0 nitrogen and oxygen atoms in total. The molecule has 0 heterocycles. The summed E-state index contributed by atoms with van der Waals surface area (Å²) in [5.74, 6) is 0. The van der Waals surface area contributed by atoms with Crippen molar-refractivity contribution < 1.29 is 0 Å². The Morgan fingerprint density at radius 3 is 1.47 bits per heavy atom. The Bertz CT molecular complexity index is 479. The zero-order valence-electron chi connectivity index (χ0n) is 11.0. The van der Waals surface area contributed by atoms with Crippen molar-refractivity contribution in [2.24, 2.45) is 0 Å². The Morgan fingerprint density at radius 2 is 1.12 bits per heavy atom. The minimum Gasteiger partial charge on any atom is -0.194 e. The maximum atomic E-state index is 2.37. The van der Waals surface area contributed by atoms with Gasteiger partial charge in [-0.05, 0) is 60.4 Å². The molecule has 0 spiro atoms. The highest BCUT2D eigenvalue weighted by Crippen LogP contribution is 2.56. The first-order valence-corrected chi connectivity index (χ1v) is 8.32. The average Bonchev–Trinajstić information content (AvgIpc) is 2.29. The van der Waals surface area contributed by atoms with E-state index >= 15 is 0 Å². The lowest BCUT2D eigenvalue weighted by atomic mass is 10.2. The molecule has 2 aromatic rings. The van der Waals surface area contributed by atoms with E-state index in [1.807, 2.05) is 0 Å². The molecule has 0 radical (unpaired) electrons. The Kier molecular flexibility index (Phi) is 3.30. The topological polar surface area (TPSA) is 0 Å². The molecule has 0 saturated carbocycles. The smallest absolute Gasteiger partial charge is 0.00615 e. The molecule has 2 rings (SSSR count). The number of rotatable bonds is 2. The zero-order chi connectivity index (χ0) is 12.5. The minimum atomic E-state index is -0.884. The van der Waals surface area contributed by atoms with Crippen LogP contribution in [0, 0.1) is 13.8 Å². The second kappa shape index (κ2) is 4.58. The summed E-state index contributed by atoms with van der Waals surface area (Å²) < 4.78 is 0. The van der Waals surface area contributed by atoms with Crippen LogP contribution in [0.25, 0.3) is 0 Å². The van der Waals surface area contributed by atoms with Gasteiger partial charge < -0.3 is 0 Å². The fourth-order valence-electron chi connectivity index (χ4n) is 2.00. The second-order valence-corrected chi connectivity index (χ2v) is 8.56. The summed E-state index contributed by atoms with van der Waals surface area (Å²) >= 11 is 0. The molecule has 2 aromatic carbocycles. The SMILES string of the molecule is Cc1cccc(S(C)(C)c2cccc(C)c2)c1. The largest absolute Gasteiger partial charge is 0.194 e. The number of benzene rings is 2. The first-order chi connectivity index (χ1) is 8.00. The van der Waals surface area contributed by atoms with Gasteiger partial charge in [0.25, 0.3) is 0 Å². The van der Waals surface area contributed by atoms with Gasteiger partial charge in [0, 0.05) is 0 Å². The van der Waals surface area contributed by atoms with Crippen LogP contribution in [-0.2, 0) is 0 Å². The van der Waals surface area contributed by atoms with Crippen molar-refractivity contribution in [2.45, 2.75) is 23.6 Å². The number of aryl methyl sites for hydroxylation is 2. The Hall–Kier alpha value is -1.21. The van der Waals surface area contributed by atoms with Crippen LogP contribution in [0.4, 0.5) is 0 Å². The molecule has 0 aromatic heterocycles. The van der Waals surface area contributed by atoms with Crippen LogP contribution < -0.4 is 0 Å². The first kappa shape index (κ1) is 12.3. The van der Waals surface area contributed by atoms with Gasteiger partial charge in [-0.1, -0.05) is 35.4 Å². The molecule has 1 heteroatoms. The molecule has 0 N–H and O–H groups in total. The van der Waals surface area contributed by atoms with E-state index < -0.39 is 10.0 Å². The summed E-state index contributed by atoms with van der Waals surface area (Å²) in [5.41, 5.74) is 2.69. The molecule has 0 atom stereocenters. The van der Waals surface area contributed by atoms with E-state index in [4.69, 9.17) is 0 Å². The third-order valence-corrected chi connectivity index (χ3v) is 6.02. The van der Waals surface area contributed by atoms with Crippen molar-refractivity contribution in [1.29, 1.82) is 0 Å². The second-order valence-electron chi connectivity index (χ2n) is 4.96. The van der Waals surface area contributed by atoms with E-state index in [0.717, 1.165) is 0 Å². The van der Waals surface area contributed by atoms with Crippen molar-refractivity contribution in [3.05, 3.63) is 59.7 Å². The standard InChI is InChI=1S/C16H20S/c1-13-7-5-9-15(11-13)17(3,4)16-10-6-8-14(2)12-16/h5-12H,1-4H3. The predicted molar refractivity (Wildman–Crippen MR) is 78.3 cm³/mol. The Labute approximate surface area is 106 Å². The molecule has 0 aliphatic carbocycles. The van der Waals surface area contributed by atoms with Gasteiger partial charge >= 0.3 is 0 Å². The van der Waals surface area contributed by atoms with E-state index in [0.29, 0.717) is 0 Å². The molecule has 90 valence electrons. The van der Waals surface area contributed by atoms with Crippen LogP contribution in [-0.4, -0.2) is 12.5 Å². The van der Waals surface area contributed by atoms with Crippen molar-refractivity contribution >= 4 is 10.0 Å². The predicted octanol–water partition coefficient (Wildman–Crippen LogP) is 4.79. The zero-order valence-corrected chi connectivity index (χ0v) is 11.8. The third-order valence-electron chi connectivity index (χ3n) is 3.16. The lowest BCUT2D eigenvalue weighted by molar-refractivity contribution is 1.30. The third kappa shape index (κ3) is 2.55. The van der Waals surface area contributed by atoms with E-state index in [1.54, 1.807) is 0 Å². The molecule has 0 aliphatic rings. The highest BCUT2D eigenvalue weighted by molar-refractivity contribution is 8.32. The van der Waals surface area contributed by atoms with Gasteiger partial charge in [0.15, 0.2) is 0 Å².